The van der Waals surface area contributed by atoms with Gasteiger partial charge in [-0.25, -0.2) is 0 Å². The third-order valence-electron chi connectivity index (χ3n) is 6.83. The molecule has 320 valence electrons. The molecule has 1 aliphatic carbocycles. The van der Waals surface area contributed by atoms with Crippen molar-refractivity contribution >= 4 is 0 Å². The summed E-state index contributed by atoms with van der Waals surface area (Å²) in [4.78, 5) is 0. The maximum Gasteiger partial charge on any atom is 0.0980 e. The largest absolute Gasteiger partial charge is 0.510 e. The van der Waals surface area contributed by atoms with E-state index in [4.69, 9.17) is 0 Å². The first-order valence-electron chi connectivity index (χ1n) is 11.8. The van der Waals surface area contributed by atoms with Crippen molar-refractivity contribution in [3.8, 4) is 23.0 Å². The fraction of sp³-hybridized carbons (Fsp3) is 0.0909. The quantitative estimate of drug-likeness (QED) is 0.0922. The third-order valence-corrected chi connectivity index (χ3v) is 6.83. The zero-order valence-electron chi connectivity index (χ0n) is 33.3. The molecule has 0 unspecified atom stereocenters. The Kier molecular flexibility index (Phi) is 52.8. The third kappa shape index (κ3) is 17.1. The van der Waals surface area contributed by atoms with E-state index in [9.17, 15) is 20.4 Å². The van der Waals surface area contributed by atoms with Crippen LogP contribution < -0.4 is 0 Å². The second kappa shape index (κ2) is 33.1. The number of hydrogen-bond donors (Lipinski definition) is 4. The molecule has 4 N–H and O–H groups in total. The monoisotopic (exact) mass is 888 g/mol. The number of benzene rings is 4. The summed E-state index contributed by atoms with van der Waals surface area (Å²) >= 11 is 0. The van der Waals surface area contributed by atoms with Crippen LogP contribution in [0.4, 0.5) is 0 Å². The second-order valence-electron chi connectivity index (χ2n) is 9.76. The van der Waals surface area contributed by atoms with Gasteiger partial charge in [0.2, 0.25) is 0 Å². The summed E-state index contributed by atoms with van der Waals surface area (Å²) in [6.07, 6.45) is 1.07. The molecular formula is C44H64Ni4O4-16. The molecule has 4 aromatic rings. The number of rotatable bonds is 0. The van der Waals surface area contributed by atoms with Gasteiger partial charge < -0.3 is 110 Å². The molecule has 0 aromatic heterocycles. The molecule has 8 heteroatoms. The van der Waals surface area contributed by atoms with Crippen LogP contribution >= 0.6 is 0 Å². The smallest absolute Gasteiger partial charge is 0.0980 e. The van der Waals surface area contributed by atoms with Gasteiger partial charge in [0.1, 0.15) is 0 Å². The summed E-state index contributed by atoms with van der Waals surface area (Å²) < 4.78 is 0. The molecular weight excluding hydrogens is 827 g/mol. The topological polar surface area (TPSA) is 80.9 Å². The Morgan fingerprint density at radius 3 is 0.462 bits per heavy atom. The van der Waals surface area contributed by atoms with Crippen LogP contribution in [0.5, 0.6) is 23.0 Å². The summed E-state index contributed by atoms with van der Waals surface area (Å²) in [6, 6.07) is 14.4. The van der Waals surface area contributed by atoms with E-state index in [2.05, 4.69) is 27.7 Å². The van der Waals surface area contributed by atoms with Crippen molar-refractivity contribution in [2.24, 2.45) is 0 Å². The number of hydrogen-bond acceptors (Lipinski definition) is 4. The molecule has 5 rings (SSSR count). The fourth-order valence-electron chi connectivity index (χ4n) is 5.23. The van der Waals surface area contributed by atoms with Crippen molar-refractivity contribution < 1.29 is 86.4 Å². The first kappa shape index (κ1) is 82.8. The van der Waals surface area contributed by atoms with Crippen LogP contribution in [-0.2, 0) is 91.6 Å². The predicted molar refractivity (Wildman–Crippen MR) is 218 cm³/mol. The first-order valence-corrected chi connectivity index (χ1v) is 11.8. The molecule has 0 heterocycles. The van der Waals surface area contributed by atoms with Gasteiger partial charge in [0.05, 0.1) is 23.0 Å². The zero-order chi connectivity index (χ0) is 25.7. The molecule has 0 saturated heterocycles. The van der Waals surface area contributed by atoms with E-state index < -0.39 is 0 Å². The zero-order valence-corrected chi connectivity index (χ0v) is 37.3. The van der Waals surface area contributed by atoms with Gasteiger partial charge in [0.15, 0.2) is 0 Å². The van der Waals surface area contributed by atoms with Gasteiger partial charge in [-0.05, 0) is 25.7 Å². The minimum Gasteiger partial charge on any atom is -0.510 e. The number of fused-ring (bicyclic) bond motifs is 8. The van der Waals surface area contributed by atoms with E-state index in [0.29, 0.717) is 44.5 Å². The Labute approximate surface area is 364 Å². The van der Waals surface area contributed by atoms with Gasteiger partial charge in [-0.2, -0.15) is 98.5 Å². The number of phenols is 4. The minimum atomic E-state index is 0. The van der Waals surface area contributed by atoms with Crippen LogP contribution in [0.15, 0.2) is 48.5 Å². The van der Waals surface area contributed by atoms with E-state index in [1.807, 2.05) is 0 Å². The molecule has 1 aliphatic rings. The Balaban J connectivity index is -0.0000001000. The van der Waals surface area contributed by atoms with Gasteiger partial charge in [0.25, 0.3) is 0 Å². The normalized spacial score (nSPS) is 8.92. The molecule has 0 fully saturated rings. The molecule has 0 amide bonds. The first-order chi connectivity index (χ1) is 17.1. The number of phenolic OH excluding ortho intramolecular Hbond substituents is 4. The van der Waals surface area contributed by atoms with Crippen molar-refractivity contribution in [3.63, 3.8) is 0 Å². The molecule has 0 spiro atoms. The average molecular weight is 892 g/mol. The standard InChI is InChI=1S/C32H28O4.12CH3.4Ni/c1-17-5-21-13-23-7-18(2)9-25(30(23)34)15-27-11-20(4)12-28(32(27)36)16-26-10-19(3)8-24(31(26)35)14-22(6-17)29(21)33;;;;;;;;;;;;;;;;/h5-12,33-36H,1-4,13-16H2;12*1H3;;;;/q-4;12*-1;;;;. The van der Waals surface area contributed by atoms with E-state index in [0.717, 1.165) is 22.3 Å². The van der Waals surface area contributed by atoms with Crippen molar-refractivity contribution in [2.45, 2.75) is 25.7 Å². The summed E-state index contributed by atoms with van der Waals surface area (Å²) in [5, 5.41) is 44.7. The van der Waals surface area contributed by atoms with Crippen LogP contribution in [0.25, 0.3) is 0 Å². The summed E-state index contributed by atoms with van der Waals surface area (Å²) in [5.74, 6) is 0.407. The second-order valence-corrected chi connectivity index (χ2v) is 9.76. The Morgan fingerprint density at radius 1 is 0.269 bits per heavy atom. The van der Waals surface area contributed by atoms with Crippen molar-refractivity contribution in [3.05, 3.63) is 232 Å². The van der Waals surface area contributed by atoms with E-state index in [-0.39, 0.29) is 204 Å². The molecule has 8 bridgehead atoms. The van der Waals surface area contributed by atoms with Crippen LogP contribution in [-0.4, -0.2) is 20.4 Å². The van der Waals surface area contributed by atoms with Gasteiger partial charge in [0, 0.05) is 66.0 Å². The minimum absolute atomic E-state index is 0. The van der Waals surface area contributed by atoms with Crippen LogP contribution in [0.1, 0.15) is 66.8 Å². The van der Waals surface area contributed by atoms with Crippen molar-refractivity contribution in [1.82, 2.24) is 0 Å². The van der Waals surface area contributed by atoms with Crippen LogP contribution in [0.2, 0.25) is 0 Å². The summed E-state index contributed by atoms with van der Waals surface area (Å²) in [5.41, 5.74) is 7.82. The molecule has 0 aliphatic heterocycles. The Hall–Kier alpha value is -2.47. The maximum atomic E-state index is 11.2. The summed E-state index contributed by atoms with van der Waals surface area (Å²) in [6.45, 7) is 16.3. The van der Waals surface area contributed by atoms with Crippen molar-refractivity contribution in [1.29, 1.82) is 0 Å². The van der Waals surface area contributed by atoms with Gasteiger partial charge in [-0.1, -0.05) is 44.5 Å². The molecule has 4 nitrogen and oxygen atoms in total. The average Bonchev–Trinajstić information content (AvgIpc) is 2.80. The van der Waals surface area contributed by atoms with Gasteiger partial charge in [-0.15, -0.1) is 0 Å². The predicted octanol–water partition coefficient (Wildman–Crippen LogP) is 11.3. The van der Waals surface area contributed by atoms with E-state index in [1.54, 1.807) is 48.5 Å². The van der Waals surface area contributed by atoms with E-state index in [1.165, 1.54) is 0 Å². The molecule has 4 aromatic carbocycles. The van der Waals surface area contributed by atoms with Gasteiger partial charge in [-0.3, -0.25) is 0 Å². The Bertz CT molecular complexity index is 1210. The van der Waals surface area contributed by atoms with Crippen LogP contribution in [0, 0.1) is 117 Å². The van der Waals surface area contributed by atoms with Crippen LogP contribution in [0.3, 0.4) is 0 Å². The molecule has 52 heavy (non-hydrogen) atoms. The number of aromatic hydroxyl groups is 4. The van der Waals surface area contributed by atoms with Gasteiger partial charge >= 0.3 is 0 Å². The fourth-order valence-corrected chi connectivity index (χ4v) is 5.23. The van der Waals surface area contributed by atoms with E-state index >= 15 is 0 Å². The molecule has 0 radical (unpaired) electrons. The van der Waals surface area contributed by atoms with Crippen molar-refractivity contribution in [2.75, 3.05) is 0 Å². The maximum absolute atomic E-state index is 11.2. The molecule has 0 atom stereocenters. The SMILES string of the molecule is [CH2-]c1cc2c(O)c(c1)Cc1cc([CH2-])cc(c1O)Cc1cc([CH2-])cc(c1O)Cc1cc([CH2-])cc(c1O)C2.[CH3-].[CH3-].[CH3-].[CH3-].[CH3-].[CH3-].[CH3-].[CH3-].[CH3-].[CH3-].[CH3-].[CH3-].[Ni].[Ni].[Ni].[Ni]. The summed E-state index contributed by atoms with van der Waals surface area (Å²) in [7, 11) is 0. The Morgan fingerprint density at radius 2 is 0.365 bits per heavy atom. The molecule has 0 saturated carbocycles.